The fourth-order valence-electron chi connectivity index (χ4n) is 9.21. The zero-order chi connectivity index (χ0) is 42.7. The molecular formula is C54H68N3OP. The summed E-state index contributed by atoms with van der Waals surface area (Å²) in [6.07, 6.45) is 6.26. The third-order valence-electron chi connectivity index (χ3n) is 13.0. The third-order valence-corrected chi connectivity index (χ3v) is 15.5. The van der Waals surface area contributed by atoms with Gasteiger partial charge in [-0.3, -0.25) is 14.7 Å². The largest absolute Gasteiger partial charge is 0.344 e. The summed E-state index contributed by atoms with van der Waals surface area (Å²) in [6, 6.07) is 33.6. The summed E-state index contributed by atoms with van der Waals surface area (Å²) in [6.45, 7) is 34.0. The van der Waals surface area contributed by atoms with Crippen molar-refractivity contribution in [1.29, 1.82) is 0 Å². The molecule has 5 aromatic rings. The van der Waals surface area contributed by atoms with Crippen molar-refractivity contribution in [3.05, 3.63) is 143 Å². The van der Waals surface area contributed by atoms with Gasteiger partial charge in [-0.05, 0) is 123 Å². The van der Waals surface area contributed by atoms with E-state index in [1.54, 1.807) is 0 Å². The van der Waals surface area contributed by atoms with E-state index in [1.165, 1.54) is 39.3 Å². The van der Waals surface area contributed by atoms with Crippen molar-refractivity contribution in [2.45, 2.75) is 130 Å². The first-order chi connectivity index (χ1) is 27.6. The number of nitrogens with one attached hydrogen (secondary N) is 1. The van der Waals surface area contributed by atoms with Gasteiger partial charge in [0.15, 0.2) is 0 Å². The first-order valence-corrected chi connectivity index (χ1v) is 23.2. The smallest absolute Gasteiger partial charge is 0.252 e. The highest BCUT2D eigenvalue weighted by atomic mass is 31.1. The molecule has 59 heavy (non-hydrogen) atoms. The highest BCUT2D eigenvalue weighted by Gasteiger charge is 2.43. The number of nitrogens with zero attached hydrogens (tertiary/aromatic N) is 2. The molecule has 1 N–H and O–H groups in total. The maximum Gasteiger partial charge on any atom is 0.252 e. The van der Waals surface area contributed by atoms with Crippen LogP contribution in [-0.4, -0.2) is 34.9 Å². The molecule has 3 saturated heterocycles. The van der Waals surface area contributed by atoms with Crippen LogP contribution in [0.1, 0.15) is 140 Å². The number of benzene rings is 4. The Morgan fingerprint density at radius 2 is 1.27 bits per heavy atom. The van der Waals surface area contributed by atoms with Gasteiger partial charge in [0.2, 0.25) is 0 Å². The molecule has 4 nitrogen and oxygen atoms in total. The minimum absolute atomic E-state index is 0.0204. The van der Waals surface area contributed by atoms with Gasteiger partial charge in [-0.1, -0.05) is 162 Å². The number of hydrogen-bond acceptors (Lipinski definition) is 3. The number of amides is 1. The second-order valence-corrected chi connectivity index (χ2v) is 23.7. The van der Waals surface area contributed by atoms with Gasteiger partial charge in [-0.15, -0.1) is 6.58 Å². The lowest BCUT2D eigenvalue weighted by atomic mass is 9.73. The fraction of sp³-hybridized carbons (Fsp3) is 0.444. The van der Waals surface area contributed by atoms with Crippen molar-refractivity contribution in [3.8, 4) is 0 Å². The van der Waals surface area contributed by atoms with E-state index in [2.05, 4.69) is 185 Å². The molecule has 1 unspecified atom stereocenters. The summed E-state index contributed by atoms with van der Waals surface area (Å²) in [5.74, 6) is 1.03. The maximum absolute atomic E-state index is 15.5. The molecule has 0 radical (unpaired) electrons. The van der Waals surface area contributed by atoms with Crippen molar-refractivity contribution in [1.82, 2.24) is 15.2 Å². The van der Waals surface area contributed by atoms with Crippen LogP contribution in [0, 0.1) is 11.8 Å². The monoisotopic (exact) mass is 806 g/mol. The van der Waals surface area contributed by atoms with Crippen molar-refractivity contribution >= 4 is 40.6 Å². The van der Waals surface area contributed by atoms with Gasteiger partial charge in [0.1, 0.15) is 0 Å². The van der Waals surface area contributed by atoms with E-state index in [9.17, 15) is 0 Å². The van der Waals surface area contributed by atoms with Crippen molar-refractivity contribution in [2.24, 2.45) is 11.8 Å². The van der Waals surface area contributed by atoms with E-state index in [4.69, 9.17) is 4.98 Å². The number of rotatable bonds is 8. The van der Waals surface area contributed by atoms with Crippen molar-refractivity contribution in [3.63, 3.8) is 0 Å². The molecule has 3 aliphatic rings. The summed E-state index contributed by atoms with van der Waals surface area (Å²) in [5.41, 5.74) is 7.89. The lowest BCUT2D eigenvalue weighted by Crippen LogP contribution is -2.57. The van der Waals surface area contributed by atoms with Crippen LogP contribution in [0.3, 0.4) is 0 Å². The van der Waals surface area contributed by atoms with Crippen LogP contribution in [0.5, 0.6) is 0 Å². The Morgan fingerprint density at radius 3 is 1.78 bits per heavy atom. The minimum Gasteiger partial charge on any atom is -0.344 e. The molecule has 0 saturated carbocycles. The molecule has 310 valence electrons. The SMILES string of the molecule is C=C[C@H]1CN2CC[C@H]1C[C@@H]2[C@H](NC(=O)c1ccccc1P(c1cc(C(C)(C)C)cc(C(C)(C)C)c1)c1cc(C(C)(C)C)cc(C(C)(C)C)c1)c1ccnc2ccccc12. The number of fused-ring (bicyclic) bond motifs is 4. The Morgan fingerprint density at radius 1 is 0.746 bits per heavy atom. The van der Waals surface area contributed by atoms with Crippen LogP contribution >= 0.6 is 7.92 Å². The van der Waals surface area contributed by atoms with Crippen molar-refractivity contribution in [2.75, 3.05) is 13.1 Å². The van der Waals surface area contributed by atoms with Gasteiger partial charge in [0.25, 0.3) is 5.91 Å². The average Bonchev–Trinajstić information content (AvgIpc) is 3.18. The first-order valence-electron chi connectivity index (χ1n) is 21.9. The Kier molecular flexibility index (Phi) is 11.7. The van der Waals surface area contributed by atoms with E-state index in [-0.39, 0.29) is 39.7 Å². The van der Waals surface area contributed by atoms with Gasteiger partial charge < -0.3 is 5.32 Å². The third kappa shape index (κ3) is 9.01. The number of carbonyl (C=O) groups is 1. The van der Waals surface area contributed by atoms with Crippen molar-refractivity contribution < 1.29 is 4.79 Å². The topological polar surface area (TPSA) is 45.2 Å². The summed E-state index contributed by atoms with van der Waals surface area (Å²) in [7, 11) is -1.18. The minimum atomic E-state index is -1.18. The standard InChI is InChI=1S/C54H68N3OP/c1-14-35-34-57-26-24-36(35)27-47(57)49(44-23-25-55-46-21-17-15-19-43(44)46)56-50(58)45-20-16-18-22-48(45)59(41-30-37(51(2,3)4)28-38(31-41)52(5,6)7)42-32-39(53(8,9)10)29-40(33-42)54(11,12)13/h14-23,25,28-33,35-36,47,49H,1,24,26-27,34H2,2-13H3,(H,56,58)/t35-,36-,47+,49+/m0/s1. The van der Waals surface area contributed by atoms with E-state index >= 15 is 4.79 Å². The van der Waals surface area contributed by atoms with E-state index < -0.39 is 7.92 Å². The van der Waals surface area contributed by atoms with Gasteiger partial charge in [0.05, 0.1) is 11.6 Å². The molecule has 4 aromatic carbocycles. The molecule has 0 aliphatic carbocycles. The van der Waals surface area contributed by atoms with Crippen LogP contribution in [0.4, 0.5) is 0 Å². The zero-order valence-corrected chi connectivity index (χ0v) is 38.8. The lowest BCUT2D eigenvalue weighted by Gasteiger charge is -2.51. The van der Waals surface area contributed by atoms with E-state index in [1.807, 2.05) is 18.3 Å². The average molecular weight is 806 g/mol. The van der Waals surface area contributed by atoms with Crippen LogP contribution in [-0.2, 0) is 21.7 Å². The van der Waals surface area contributed by atoms with E-state index in [0.717, 1.165) is 46.8 Å². The van der Waals surface area contributed by atoms with Gasteiger partial charge in [0, 0.05) is 29.7 Å². The second-order valence-electron chi connectivity index (χ2n) is 21.5. The maximum atomic E-state index is 15.5. The molecule has 1 aromatic heterocycles. The molecule has 5 heteroatoms. The lowest BCUT2D eigenvalue weighted by molar-refractivity contribution is 0.00171. The Balaban J connectivity index is 1.43. The number of para-hydroxylation sites is 1. The number of aromatic nitrogens is 1. The fourth-order valence-corrected chi connectivity index (χ4v) is 11.8. The molecule has 5 atom stereocenters. The molecule has 8 rings (SSSR count). The van der Waals surface area contributed by atoms with E-state index in [0.29, 0.717) is 11.8 Å². The molecule has 3 aliphatic heterocycles. The molecule has 0 spiro atoms. The summed E-state index contributed by atoms with van der Waals surface area (Å²) < 4.78 is 0. The normalized spacial score (nSPS) is 20.5. The second kappa shape index (κ2) is 16.1. The Bertz CT molecular complexity index is 2200. The quantitative estimate of drug-likeness (QED) is 0.125. The molecule has 4 heterocycles. The molecule has 2 bridgehead atoms. The molecular weight excluding hydrogens is 738 g/mol. The highest BCUT2D eigenvalue weighted by molar-refractivity contribution is 7.80. The van der Waals surface area contributed by atoms with Crippen LogP contribution in [0.25, 0.3) is 10.9 Å². The Labute approximate surface area is 357 Å². The predicted molar refractivity (Wildman–Crippen MR) is 254 cm³/mol. The van der Waals surface area contributed by atoms with Crippen LogP contribution < -0.4 is 21.2 Å². The van der Waals surface area contributed by atoms with Crippen LogP contribution in [0.15, 0.2) is 110 Å². The summed E-state index contributed by atoms with van der Waals surface area (Å²) in [4.78, 5) is 22.8. The zero-order valence-electron chi connectivity index (χ0n) is 37.9. The number of carbonyl (C=O) groups excluding carboxylic acids is 1. The van der Waals surface area contributed by atoms with Crippen LogP contribution in [0.2, 0.25) is 0 Å². The van der Waals surface area contributed by atoms with Gasteiger partial charge in [-0.2, -0.15) is 0 Å². The molecule has 3 fully saturated rings. The summed E-state index contributed by atoms with van der Waals surface area (Å²) >= 11 is 0. The first kappa shape index (κ1) is 43.0. The predicted octanol–water partition coefficient (Wildman–Crippen LogP) is 11.6. The summed E-state index contributed by atoms with van der Waals surface area (Å²) in [5, 5.41) is 8.50. The highest BCUT2D eigenvalue weighted by Crippen LogP contribution is 2.44. The van der Waals surface area contributed by atoms with Gasteiger partial charge in [-0.25, -0.2) is 0 Å². The number of piperidine rings is 3. The van der Waals surface area contributed by atoms with Gasteiger partial charge >= 0.3 is 0 Å². The molecule has 1 amide bonds. The number of hydrogen-bond donors (Lipinski definition) is 1. The Hall–Kier alpha value is -4.11. The number of pyridine rings is 1.